The summed E-state index contributed by atoms with van der Waals surface area (Å²) in [5.41, 5.74) is -0.421. The van der Waals surface area contributed by atoms with Gasteiger partial charge in [0.1, 0.15) is 0 Å². The Bertz CT molecular complexity index is 238. The first kappa shape index (κ1) is 14.4. The summed E-state index contributed by atoms with van der Waals surface area (Å²) in [4.78, 5) is 14.3. The summed E-state index contributed by atoms with van der Waals surface area (Å²) in [5.74, 6) is 0.107. The maximum Gasteiger partial charge on any atom is 0.239 e. The molecule has 0 unspecified atom stereocenters. The molecule has 1 aliphatic heterocycles. The Kier molecular flexibility index (Phi) is 5.88. The highest BCUT2D eigenvalue weighted by Gasteiger charge is 2.34. The fourth-order valence-corrected chi connectivity index (χ4v) is 2.00. The van der Waals surface area contributed by atoms with Gasteiger partial charge in [0.2, 0.25) is 5.91 Å². The Morgan fingerprint density at radius 2 is 2.06 bits per heavy atom. The van der Waals surface area contributed by atoms with E-state index in [1.165, 1.54) is 0 Å². The fraction of sp³-hybridized carbons (Fsp3) is 0.917. The lowest BCUT2D eigenvalue weighted by Gasteiger charge is -2.39. The SMILES string of the molecule is COCCCNC(=O)C(C)(C)N1CCNCC1. The molecule has 1 amide bonds. The number of carbonyl (C=O) groups excluding carboxylic acids is 1. The number of nitrogens with one attached hydrogen (secondary N) is 2. The van der Waals surface area contributed by atoms with E-state index in [9.17, 15) is 4.79 Å². The van der Waals surface area contributed by atoms with Gasteiger partial charge in [-0.25, -0.2) is 0 Å². The lowest BCUT2D eigenvalue weighted by atomic mass is 10.0. The van der Waals surface area contributed by atoms with E-state index in [-0.39, 0.29) is 5.91 Å². The topological polar surface area (TPSA) is 53.6 Å². The van der Waals surface area contributed by atoms with E-state index >= 15 is 0 Å². The molecule has 0 radical (unpaired) electrons. The first-order valence-electron chi connectivity index (χ1n) is 6.32. The highest BCUT2D eigenvalue weighted by molar-refractivity contribution is 5.85. The molecule has 0 aliphatic carbocycles. The van der Waals surface area contributed by atoms with Crippen molar-refractivity contribution in [3.63, 3.8) is 0 Å². The van der Waals surface area contributed by atoms with E-state index in [4.69, 9.17) is 4.74 Å². The number of rotatable bonds is 6. The standard InChI is InChI=1S/C12H25N3O2/c1-12(2,15-8-6-13-7-9-15)11(16)14-5-4-10-17-3/h13H,4-10H2,1-3H3,(H,14,16). The predicted octanol–water partition coefficient (Wildman–Crippen LogP) is -0.177. The first-order chi connectivity index (χ1) is 8.09. The van der Waals surface area contributed by atoms with Gasteiger partial charge in [-0.05, 0) is 20.3 Å². The van der Waals surface area contributed by atoms with Crippen LogP contribution in [0.2, 0.25) is 0 Å². The second kappa shape index (κ2) is 6.93. The highest BCUT2D eigenvalue weighted by Crippen LogP contribution is 2.15. The third kappa shape index (κ3) is 4.26. The second-order valence-corrected chi connectivity index (χ2v) is 4.90. The van der Waals surface area contributed by atoms with Crippen molar-refractivity contribution in [2.24, 2.45) is 0 Å². The van der Waals surface area contributed by atoms with Crippen LogP contribution in [0.1, 0.15) is 20.3 Å². The molecule has 5 heteroatoms. The normalized spacial score (nSPS) is 18.1. The van der Waals surface area contributed by atoms with Gasteiger partial charge in [0.05, 0.1) is 5.54 Å². The molecular weight excluding hydrogens is 218 g/mol. The van der Waals surface area contributed by atoms with Crippen LogP contribution < -0.4 is 10.6 Å². The molecule has 1 rings (SSSR count). The minimum absolute atomic E-state index is 0.107. The number of nitrogens with zero attached hydrogens (tertiary/aromatic N) is 1. The number of ether oxygens (including phenoxy) is 1. The number of carbonyl (C=O) groups is 1. The van der Waals surface area contributed by atoms with Gasteiger partial charge < -0.3 is 15.4 Å². The van der Waals surface area contributed by atoms with Gasteiger partial charge in [-0.3, -0.25) is 9.69 Å². The van der Waals surface area contributed by atoms with Crippen molar-refractivity contribution >= 4 is 5.91 Å². The summed E-state index contributed by atoms with van der Waals surface area (Å²) in [6, 6.07) is 0. The van der Waals surface area contributed by atoms with Crippen molar-refractivity contribution in [3.8, 4) is 0 Å². The third-order valence-corrected chi connectivity index (χ3v) is 3.27. The molecule has 1 saturated heterocycles. The van der Waals surface area contributed by atoms with Crippen LogP contribution in [0.3, 0.4) is 0 Å². The molecule has 2 N–H and O–H groups in total. The van der Waals surface area contributed by atoms with Crippen LogP contribution in [-0.2, 0) is 9.53 Å². The molecular formula is C12H25N3O2. The van der Waals surface area contributed by atoms with Crippen molar-refractivity contribution < 1.29 is 9.53 Å². The molecule has 1 heterocycles. The van der Waals surface area contributed by atoms with Crippen LogP contribution in [0.4, 0.5) is 0 Å². The molecule has 0 saturated carbocycles. The number of piperazine rings is 1. The average Bonchev–Trinajstić information content (AvgIpc) is 2.35. The zero-order valence-electron chi connectivity index (χ0n) is 11.2. The van der Waals surface area contributed by atoms with Crippen LogP contribution in [0, 0.1) is 0 Å². The van der Waals surface area contributed by atoms with Gasteiger partial charge >= 0.3 is 0 Å². The Morgan fingerprint density at radius 1 is 1.41 bits per heavy atom. The quantitative estimate of drug-likeness (QED) is 0.636. The average molecular weight is 243 g/mol. The summed E-state index contributed by atoms with van der Waals surface area (Å²) in [6.07, 6.45) is 0.861. The van der Waals surface area contributed by atoms with Crippen LogP contribution >= 0.6 is 0 Å². The highest BCUT2D eigenvalue weighted by atomic mass is 16.5. The molecule has 0 aromatic carbocycles. The molecule has 0 aromatic heterocycles. The summed E-state index contributed by atoms with van der Waals surface area (Å²) in [5, 5.41) is 6.27. The van der Waals surface area contributed by atoms with Crippen molar-refractivity contribution in [2.45, 2.75) is 25.8 Å². The summed E-state index contributed by atoms with van der Waals surface area (Å²) >= 11 is 0. The maximum atomic E-state index is 12.1. The Labute approximate surface area is 104 Å². The molecule has 5 nitrogen and oxygen atoms in total. The van der Waals surface area contributed by atoms with Gasteiger partial charge in [-0.2, -0.15) is 0 Å². The van der Waals surface area contributed by atoms with Gasteiger partial charge in [-0.15, -0.1) is 0 Å². The predicted molar refractivity (Wildman–Crippen MR) is 68.0 cm³/mol. The summed E-state index contributed by atoms with van der Waals surface area (Å²) < 4.78 is 4.96. The molecule has 0 atom stereocenters. The summed E-state index contributed by atoms with van der Waals surface area (Å²) in [7, 11) is 1.67. The summed E-state index contributed by atoms with van der Waals surface area (Å²) in [6.45, 7) is 9.13. The lowest BCUT2D eigenvalue weighted by Crippen LogP contribution is -2.60. The van der Waals surface area contributed by atoms with E-state index in [1.807, 2.05) is 13.8 Å². The van der Waals surface area contributed by atoms with E-state index in [1.54, 1.807) is 7.11 Å². The van der Waals surface area contributed by atoms with Gasteiger partial charge in [0.25, 0.3) is 0 Å². The van der Waals surface area contributed by atoms with E-state index < -0.39 is 5.54 Å². The van der Waals surface area contributed by atoms with Gasteiger partial charge in [0, 0.05) is 46.4 Å². The maximum absolute atomic E-state index is 12.1. The molecule has 0 bridgehead atoms. The van der Waals surface area contributed by atoms with Crippen molar-refractivity contribution in [1.29, 1.82) is 0 Å². The lowest BCUT2D eigenvalue weighted by molar-refractivity contribution is -0.132. The largest absolute Gasteiger partial charge is 0.385 e. The van der Waals surface area contributed by atoms with Gasteiger partial charge in [0.15, 0.2) is 0 Å². The zero-order chi connectivity index (χ0) is 12.7. The van der Waals surface area contributed by atoms with E-state index in [0.717, 1.165) is 32.6 Å². The number of methoxy groups -OCH3 is 1. The van der Waals surface area contributed by atoms with Gasteiger partial charge in [-0.1, -0.05) is 0 Å². The smallest absolute Gasteiger partial charge is 0.239 e. The zero-order valence-corrected chi connectivity index (χ0v) is 11.2. The number of hydrogen-bond acceptors (Lipinski definition) is 4. The molecule has 0 aromatic rings. The Hall–Kier alpha value is -0.650. The van der Waals surface area contributed by atoms with Crippen LogP contribution in [0.25, 0.3) is 0 Å². The molecule has 1 aliphatic rings. The monoisotopic (exact) mass is 243 g/mol. The van der Waals surface area contributed by atoms with Crippen LogP contribution in [0.5, 0.6) is 0 Å². The van der Waals surface area contributed by atoms with E-state index in [0.29, 0.717) is 13.2 Å². The van der Waals surface area contributed by atoms with Crippen molar-refractivity contribution in [2.75, 3.05) is 46.4 Å². The second-order valence-electron chi connectivity index (χ2n) is 4.90. The molecule has 0 spiro atoms. The van der Waals surface area contributed by atoms with Crippen molar-refractivity contribution in [1.82, 2.24) is 15.5 Å². The molecule has 17 heavy (non-hydrogen) atoms. The first-order valence-corrected chi connectivity index (χ1v) is 6.32. The fourth-order valence-electron chi connectivity index (χ4n) is 2.00. The third-order valence-electron chi connectivity index (χ3n) is 3.27. The Morgan fingerprint density at radius 3 is 2.65 bits per heavy atom. The van der Waals surface area contributed by atoms with Crippen LogP contribution in [0.15, 0.2) is 0 Å². The van der Waals surface area contributed by atoms with Crippen LogP contribution in [-0.4, -0.2) is 62.8 Å². The minimum Gasteiger partial charge on any atom is -0.385 e. The Balaban J connectivity index is 2.36. The molecule has 100 valence electrons. The minimum atomic E-state index is -0.421. The number of hydrogen-bond donors (Lipinski definition) is 2. The number of amides is 1. The molecule has 1 fully saturated rings. The van der Waals surface area contributed by atoms with Crippen molar-refractivity contribution in [3.05, 3.63) is 0 Å². The van der Waals surface area contributed by atoms with E-state index in [2.05, 4.69) is 15.5 Å².